The third kappa shape index (κ3) is 3.98. The second kappa shape index (κ2) is 7.37. The molecule has 0 saturated carbocycles. The van der Waals surface area contributed by atoms with Crippen molar-refractivity contribution >= 4 is 29.1 Å². The molecule has 2 aromatic rings. The molecule has 1 aliphatic heterocycles. The van der Waals surface area contributed by atoms with E-state index in [1.165, 1.54) is 0 Å². The third-order valence-electron chi connectivity index (χ3n) is 4.18. The molecule has 5 nitrogen and oxygen atoms in total. The van der Waals surface area contributed by atoms with E-state index >= 15 is 0 Å². The van der Waals surface area contributed by atoms with Gasteiger partial charge in [-0.3, -0.25) is 9.59 Å². The van der Waals surface area contributed by atoms with Gasteiger partial charge in [-0.25, -0.2) is 0 Å². The van der Waals surface area contributed by atoms with Crippen LogP contribution in [0.25, 0.3) is 0 Å². The van der Waals surface area contributed by atoms with Crippen LogP contribution in [0.2, 0.25) is 5.02 Å². The average Bonchev–Trinajstić information content (AvgIpc) is 3.03. The molecule has 2 aromatic carbocycles. The van der Waals surface area contributed by atoms with Gasteiger partial charge in [-0.1, -0.05) is 23.7 Å². The number of nitrogens with zero attached hydrogens (tertiary/aromatic N) is 2. The first-order valence-electron chi connectivity index (χ1n) is 7.89. The highest BCUT2D eigenvalue weighted by atomic mass is 35.5. The summed E-state index contributed by atoms with van der Waals surface area (Å²) >= 11 is 5.84. The number of halogens is 1. The smallest absolute Gasteiger partial charge is 0.227 e. The number of anilines is 1. The van der Waals surface area contributed by atoms with Gasteiger partial charge in [0.2, 0.25) is 11.8 Å². The molecule has 0 aromatic heterocycles. The van der Waals surface area contributed by atoms with Gasteiger partial charge in [-0.05, 0) is 42.0 Å². The van der Waals surface area contributed by atoms with Gasteiger partial charge in [0.05, 0.1) is 17.6 Å². The van der Waals surface area contributed by atoms with E-state index < -0.39 is 0 Å². The maximum atomic E-state index is 12.3. The zero-order chi connectivity index (χ0) is 17.8. The van der Waals surface area contributed by atoms with Crippen LogP contribution in [-0.2, 0) is 16.1 Å². The predicted octanol–water partition coefficient (Wildman–Crippen LogP) is 2.88. The zero-order valence-corrected chi connectivity index (χ0v) is 14.2. The van der Waals surface area contributed by atoms with E-state index in [2.05, 4.69) is 5.32 Å². The molecule has 1 heterocycles. The van der Waals surface area contributed by atoms with Crippen molar-refractivity contribution < 1.29 is 9.59 Å². The molecule has 1 aliphatic rings. The Kier molecular flexibility index (Phi) is 5.01. The molecule has 0 aliphatic carbocycles. The van der Waals surface area contributed by atoms with Crippen LogP contribution < -0.4 is 10.2 Å². The fourth-order valence-corrected chi connectivity index (χ4v) is 2.91. The Bertz CT molecular complexity index is 825. The molecule has 1 N–H and O–H groups in total. The summed E-state index contributed by atoms with van der Waals surface area (Å²) in [6.45, 7) is 0.745. The minimum atomic E-state index is -0.379. The molecule has 0 bridgehead atoms. The number of rotatable bonds is 4. The second-order valence-corrected chi connectivity index (χ2v) is 6.34. The van der Waals surface area contributed by atoms with Crippen LogP contribution in [0.15, 0.2) is 48.5 Å². The number of hydrogen-bond acceptors (Lipinski definition) is 3. The van der Waals surface area contributed by atoms with E-state index in [4.69, 9.17) is 16.9 Å². The molecule has 0 spiro atoms. The fourth-order valence-electron chi connectivity index (χ4n) is 2.78. The largest absolute Gasteiger partial charge is 0.352 e. The van der Waals surface area contributed by atoms with Crippen molar-refractivity contribution in [1.29, 1.82) is 5.26 Å². The molecule has 1 unspecified atom stereocenters. The summed E-state index contributed by atoms with van der Waals surface area (Å²) in [5, 5.41) is 12.4. The second-order valence-electron chi connectivity index (χ2n) is 5.91. The SMILES string of the molecule is N#Cc1ccc(N2CC(C(=O)NCc3ccc(Cl)cc3)CC2=O)cc1. The van der Waals surface area contributed by atoms with Crippen LogP contribution in [-0.4, -0.2) is 18.4 Å². The first-order valence-corrected chi connectivity index (χ1v) is 8.27. The lowest BCUT2D eigenvalue weighted by Crippen LogP contribution is -2.32. The van der Waals surface area contributed by atoms with Crippen molar-refractivity contribution in [3.05, 3.63) is 64.7 Å². The highest BCUT2D eigenvalue weighted by molar-refractivity contribution is 6.30. The van der Waals surface area contributed by atoms with Gasteiger partial charge in [0, 0.05) is 30.2 Å². The van der Waals surface area contributed by atoms with Gasteiger partial charge in [-0.2, -0.15) is 5.26 Å². The van der Waals surface area contributed by atoms with Gasteiger partial charge >= 0.3 is 0 Å². The number of carbonyl (C=O) groups is 2. The van der Waals surface area contributed by atoms with Crippen LogP contribution in [0.3, 0.4) is 0 Å². The fraction of sp³-hybridized carbons (Fsp3) is 0.211. The van der Waals surface area contributed by atoms with Crippen molar-refractivity contribution in [3.63, 3.8) is 0 Å². The van der Waals surface area contributed by atoms with Crippen molar-refractivity contribution in [3.8, 4) is 6.07 Å². The molecule has 2 amide bonds. The van der Waals surface area contributed by atoms with Crippen molar-refractivity contribution in [2.24, 2.45) is 5.92 Å². The quantitative estimate of drug-likeness (QED) is 0.918. The number of benzene rings is 2. The Morgan fingerprint density at radius 3 is 2.52 bits per heavy atom. The van der Waals surface area contributed by atoms with E-state index in [9.17, 15) is 9.59 Å². The number of amides is 2. The third-order valence-corrected chi connectivity index (χ3v) is 4.44. The summed E-state index contributed by atoms with van der Waals surface area (Å²) in [6, 6.07) is 16.1. The van der Waals surface area contributed by atoms with Crippen LogP contribution in [0.1, 0.15) is 17.5 Å². The zero-order valence-electron chi connectivity index (χ0n) is 13.4. The van der Waals surface area contributed by atoms with Gasteiger partial charge in [-0.15, -0.1) is 0 Å². The van der Waals surface area contributed by atoms with Crippen molar-refractivity contribution in [2.45, 2.75) is 13.0 Å². The highest BCUT2D eigenvalue weighted by Crippen LogP contribution is 2.25. The normalized spacial score (nSPS) is 16.6. The molecule has 3 rings (SSSR count). The minimum absolute atomic E-state index is 0.0867. The Labute approximate surface area is 150 Å². The molecule has 126 valence electrons. The Morgan fingerprint density at radius 2 is 1.88 bits per heavy atom. The van der Waals surface area contributed by atoms with E-state index in [0.717, 1.165) is 5.56 Å². The van der Waals surface area contributed by atoms with Gasteiger partial charge in [0.25, 0.3) is 0 Å². The predicted molar refractivity (Wildman–Crippen MR) is 94.9 cm³/mol. The summed E-state index contributed by atoms with van der Waals surface area (Å²) in [4.78, 5) is 26.2. The topological polar surface area (TPSA) is 73.2 Å². The number of nitriles is 1. The Balaban J connectivity index is 1.60. The minimum Gasteiger partial charge on any atom is -0.352 e. The van der Waals surface area contributed by atoms with E-state index in [-0.39, 0.29) is 24.2 Å². The van der Waals surface area contributed by atoms with Gasteiger partial charge in [0.1, 0.15) is 0 Å². The lowest BCUT2D eigenvalue weighted by molar-refractivity contribution is -0.126. The van der Waals surface area contributed by atoms with Crippen LogP contribution in [0.5, 0.6) is 0 Å². The Morgan fingerprint density at radius 1 is 1.20 bits per heavy atom. The first kappa shape index (κ1) is 17.0. The van der Waals surface area contributed by atoms with Crippen LogP contribution in [0, 0.1) is 17.2 Å². The molecular weight excluding hydrogens is 338 g/mol. The number of hydrogen-bond donors (Lipinski definition) is 1. The maximum Gasteiger partial charge on any atom is 0.227 e. The average molecular weight is 354 g/mol. The van der Waals surface area contributed by atoms with E-state index in [1.807, 2.05) is 18.2 Å². The van der Waals surface area contributed by atoms with Crippen molar-refractivity contribution in [2.75, 3.05) is 11.4 Å². The maximum absolute atomic E-state index is 12.3. The Hall–Kier alpha value is -2.84. The summed E-state index contributed by atoms with van der Waals surface area (Å²) < 4.78 is 0. The van der Waals surface area contributed by atoms with E-state index in [0.29, 0.717) is 29.4 Å². The molecule has 6 heteroatoms. The van der Waals surface area contributed by atoms with E-state index in [1.54, 1.807) is 41.3 Å². The molecule has 1 saturated heterocycles. The van der Waals surface area contributed by atoms with Crippen LogP contribution in [0.4, 0.5) is 5.69 Å². The first-order chi connectivity index (χ1) is 12.1. The molecule has 0 radical (unpaired) electrons. The van der Waals surface area contributed by atoms with Crippen LogP contribution >= 0.6 is 11.6 Å². The number of nitrogens with one attached hydrogen (secondary N) is 1. The van der Waals surface area contributed by atoms with Crippen molar-refractivity contribution in [1.82, 2.24) is 5.32 Å². The number of carbonyl (C=O) groups excluding carboxylic acids is 2. The summed E-state index contributed by atoms with van der Waals surface area (Å²) in [7, 11) is 0. The molecule has 1 atom stereocenters. The molecular formula is C19H16ClN3O2. The molecule has 25 heavy (non-hydrogen) atoms. The lowest BCUT2D eigenvalue weighted by atomic mass is 10.1. The van der Waals surface area contributed by atoms with Gasteiger partial charge in [0.15, 0.2) is 0 Å². The monoisotopic (exact) mass is 353 g/mol. The molecule has 1 fully saturated rings. The summed E-state index contributed by atoms with van der Waals surface area (Å²) in [5.74, 6) is -0.605. The van der Waals surface area contributed by atoms with Gasteiger partial charge < -0.3 is 10.2 Å². The highest BCUT2D eigenvalue weighted by Gasteiger charge is 2.34. The standard InChI is InChI=1S/C19H16ClN3O2/c20-16-5-1-14(2-6-16)11-22-19(25)15-9-18(24)23(12-15)17-7-3-13(10-21)4-8-17/h1-8,15H,9,11-12H2,(H,22,25). The summed E-state index contributed by atoms with van der Waals surface area (Å²) in [5.41, 5.74) is 2.19. The lowest BCUT2D eigenvalue weighted by Gasteiger charge is -2.16. The summed E-state index contributed by atoms with van der Waals surface area (Å²) in [6.07, 6.45) is 0.187.